The number of aliphatic carboxylic acids is 1. The van der Waals surface area contributed by atoms with Crippen LogP contribution in [0.4, 0.5) is 0 Å². The summed E-state index contributed by atoms with van der Waals surface area (Å²) in [6.45, 7) is 9.82. The van der Waals surface area contributed by atoms with Gasteiger partial charge in [-0.2, -0.15) is 0 Å². The van der Waals surface area contributed by atoms with Gasteiger partial charge in [-0.15, -0.1) is 0 Å². The molecule has 46 heavy (non-hydrogen) atoms. The lowest BCUT2D eigenvalue weighted by Crippen LogP contribution is -2.55. The second-order valence-corrected chi connectivity index (χ2v) is 17.2. The SMILES string of the molecule is CCCCCCCCC=CCCCCCCCC(=O)N[C@H]1CC[C@@]2(C)C(CCC3C2CC[C@@]2(C)C3CC[C@@H]2C(C)CCC(=O)O)C1. The predicted molar refractivity (Wildman–Crippen MR) is 193 cm³/mol. The lowest BCUT2D eigenvalue weighted by atomic mass is 9.44. The second-order valence-electron chi connectivity index (χ2n) is 17.2. The zero-order valence-electron chi connectivity index (χ0n) is 30.6. The molecule has 4 nitrogen and oxygen atoms in total. The number of carbonyl (C=O) groups is 2. The molecule has 0 aliphatic heterocycles. The fourth-order valence-corrected chi connectivity index (χ4v) is 11.6. The summed E-state index contributed by atoms with van der Waals surface area (Å²) in [5.74, 6) is 4.12. The molecule has 0 saturated heterocycles. The van der Waals surface area contributed by atoms with E-state index in [4.69, 9.17) is 0 Å². The van der Waals surface area contributed by atoms with Crippen LogP contribution in [0.3, 0.4) is 0 Å². The fraction of sp³-hybridized carbons (Fsp3) is 0.905. The summed E-state index contributed by atoms with van der Waals surface area (Å²) in [6.07, 6.45) is 35.1. The van der Waals surface area contributed by atoms with Crippen LogP contribution in [0.1, 0.15) is 188 Å². The summed E-state index contributed by atoms with van der Waals surface area (Å²) in [6, 6.07) is 0.380. The number of allylic oxidation sites excluding steroid dienone is 2. The Kier molecular flexibility index (Phi) is 15.0. The zero-order chi connectivity index (χ0) is 33.0. The molecule has 0 heterocycles. The van der Waals surface area contributed by atoms with Crippen molar-refractivity contribution in [3.05, 3.63) is 12.2 Å². The van der Waals surface area contributed by atoms with Crippen molar-refractivity contribution in [2.24, 2.45) is 46.3 Å². The molecule has 4 saturated carbocycles. The standard InChI is InChI=1S/C42H73NO3/c1-5-6-7-8-9-10-11-12-13-14-15-16-17-18-19-20-39(44)43-34-27-29-41(3)33(31-34)22-23-35-37-25-24-36(32(2)21-26-40(45)46)42(37,4)30-28-38(35)41/h12-13,32-38H,5-11,14-31H2,1-4H3,(H,43,44)(H,45,46)/t32?,33?,34-,35?,36+,37?,38?,41-,42+/m0/s1. The molecule has 4 rings (SSSR count). The van der Waals surface area contributed by atoms with Gasteiger partial charge in [-0.25, -0.2) is 0 Å². The molecular weight excluding hydrogens is 566 g/mol. The van der Waals surface area contributed by atoms with Gasteiger partial charge in [0.05, 0.1) is 0 Å². The normalized spacial score (nSPS) is 34.5. The van der Waals surface area contributed by atoms with Crippen LogP contribution < -0.4 is 5.32 Å². The number of hydrogen-bond donors (Lipinski definition) is 2. The first-order valence-electron chi connectivity index (χ1n) is 20.3. The van der Waals surface area contributed by atoms with E-state index in [0.29, 0.717) is 47.5 Å². The summed E-state index contributed by atoms with van der Waals surface area (Å²) in [5.41, 5.74) is 0.833. The fourth-order valence-electron chi connectivity index (χ4n) is 11.6. The van der Waals surface area contributed by atoms with E-state index < -0.39 is 5.97 Å². The summed E-state index contributed by atoms with van der Waals surface area (Å²) in [7, 11) is 0. The molecule has 4 aliphatic carbocycles. The molecule has 4 fully saturated rings. The minimum atomic E-state index is -0.642. The van der Waals surface area contributed by atoms with Crippen molar-refractivity contribution in [1.82, 2.24) is 5.32 Å². The molecule has 0 radical (unpaired) electrons. The molecule has 0 bridgehead atoms. The Bertz CT molecular complexity index is 961. The predicted octanol–water partition coefficient (Wildman–Crippen LogP) is 11.7. The van der Waals surface area contributed by atoms with Crippen LogP contribution in [0, 0.1) is 46.3 Å². The monoisotopic (exact) mass is 640 g/mol. The van der Waals surface area contributed by atoms with E-state index in [0.717, 1.165) is 42.9 Å². The van der Waals surface area contributed by atoms with Gasteiger partial charge in [-0.1, -0.05) is 91.2 Å². The number of hydrogen-bond acceptors (Lipinski definition) is 2. The quantitative estimate of drug-likeness (QED) is 0.103. The molecule has 0 spiro atoms. The Morgan fingerprint density at radius 3 is 2.09 bits per heavy atom. The van der Waals surface area contributed by atoms with Crippen LogP contribution in [0.25, 0.3) is 0 Å². The first-order chi connectivity index (χ1) is 22.2. The molecule has 0 aromatic heterocycles. The largest absolute Gasteiger partial charge is 0.481 e. The van der Waals surface area contributed by atoms with Crippen molar-refractivity contribution in [3.8, 4) is 0 Å². The van der Waals surface area contributed by atoms with Gasteiger partial charge in [-0.3, -0.25) is 9.59 Å². The Hall–Kier alpha value is -1.32. The highest BCUT2D eigenvalue weighted by molar-refractivity contribution is 5.76. The van der Waals surface area contributed by atoms with E-state index in [-0.39, 0.29) is 0 Å². The second kappa shape index (κ2) is 18.4. The van der Waals surface area contributed by atoms with Crippen molar-refractivity contribution in [3.63, 3.8) is 0 Å². The number of nitrogens with one attached hydrogen (secondary N) is 1. The minimum absolute atomic E-state index is 0.294. The number of carboxylic acids is 1. The van der Waals surface area contributed by atoms with Crippen LogP contribution in [0.5, 0.6) is 0 Å². The Balaban J connectivity index is 1.10. The summed E-state index contributed by atoms with van der Waals surface area (Å²) in [5, 5.41) is 12.7. The average Bonchev–Trinajstić information content (AvgIpc) is 3.39. The Morgan fingerprint density at radius 2 is 1.39 bits per heavy atom. The molecular formula is C42H73NO3. The van der Waals surface area contributed by atoms with Gasteiger partial charge >= 0.3 is 5.97 Å². The van der Waals surface area contributed by atoms with Crippen molar-refractivity contribution in [1.29, 1.82) is 0 Å². The maximum Gasteiger partial charge on any atom is 0.303 e. The number of amides is 1. The van der Waals surface area contributed by atoms with Gasteiger partial charge in [-0.05, 0) is 143 Å². The molecule has 4 heteroatoms. The third-order valence-corrected chi connectivity index (χ3v) is 14.3. The molecule has 4 aliphatic rings. The smallest absolute Gasteiger partial charge is 0.303 e. The Labute approximate surface area is 284 Å². The average molecular weight is 640 g/mol. The lowest BCUT2D eigenvalue weighted by Gasteiger charge is -2.61. The molecule has 1 amide bonds. The Morgan fingerprint density at radius 1 is 0.761 bits per heavy atom. The van der Waals surface area contributed by atoms with Gasteiger partial charge in [0.2, 0.25) is 5.91 Å². The van der Waals surface area contributed by atoms with Crippen LogP contribution in [0.15, 0.2) is 12.2 Å². The first kappa shape index (κ1) is 37.5. The van der Waals surface area contributed by atoms with Gasteiger partial charge in [0.15, 0.2) is 0 Å². The third-order valence-electron chi connectivity index (χ3n) is 14.3. The number of fused-ring (bicyclic) bond motifs is 5. The van der Waals surface area contributed by atoms with E-state index in [2.05, 4.69) is 45.2 Å². The number of unbranched alkanes of at least 4 members (excludes halogenated alkanes) is 11. The summed E-state index contributed by atoms with van der Waals surface area (Å²) in [4.78, 5) is 24.1. The molecule has 0 aromatic rings. The van der Waals surface area contributed by atoms with Crippen molar-refractivity contribution in [2.45, 2.75) is 194 Å². The molecule has 5 unspecified atom stereocenters. The van der Waals surface area contributed by atoms with Crippen LogP contribution in [-0.2, 0) is 9.59 Å². The highest BCUT2D eigenvalue weighted by Crippen LogP contribution is 2.68. The van der Waals surface area contributed by atoms with Gasteiger partial charge < -0.3 is 10.4 Å². The molecule has 2 N–H and O–H groups in total. The highest BCUT2D eigenvalue weighted by Gasteiger charge is 2.60. The maximum atomic E-state index is 12.9. The lowest BCUT2D eigenvalue weighted by molar-refractivity contribution is -0.137. The van der Waals surface area contributed by atoms with Crippen LogP contribution in [0.2, 0.25) is 0 Å². The number of carbonyl (C=O) groups excluding carboxylic acids is 1. The van der Waals surface area contributed by atoms with Crippen molar-refractivity contribution >= 4 is 11.9 Å². The molecule has 9 atom stereocenters. The van der Waals surface area contributed by atoms with E-state index >= 15 is 0 Å². The maximum absolute atomic E-state index is 12.9. The van der Waals surface area contributed by atoms with Crippen LogP contribution in [-0.4, -0.2) is 23.0 Å². The van der Waals surface area contributed by atoms with E-state index in [9.17, 15) is 14.7 Å². The highest BCUT2D eigenvalue weighted by atomic mass is 16.4. The summed E-state index contributed by atoms with van der Waals surface area (Å²) >= 11 is 0. The van der Waals surface area contributed by atoms with Crippen molar-refractivity contribution in [2.75, 3.05) is 0 Å². The van der Waals surface area contributed by atoms with Gasteiger partial charge in [0.25, 0.3) is 0 Å². The zero-order valence-corrected chi connectivity index (χ0v) is 30.6. The molecule has 0 aromatic carbocycles. The topological polar surface area (TPSA) is 66.4 Å². The number of carboxylic acid groups (broad SMARTS) is 1. The van der Waals surface area contributed by atoms with Crippen molar-refractivity contribution < 1.29 is 14.7 Å². The van der Waals surface area contributed by atoms with Gasteiger partial charge in [0, 0.05) is 18.9 Å². The van der Waals surface area contributed by atoms with E-state index in [1.54, 1.807) is 0 Å². The minimum Gasteiger partial charge on any atom is -0.481 e. The summed E-state index contributed by atoms with van der Waals surface area (Å²) < 4.78 is 0. The van der Waals surface area contributed by atoms with Crippen LogP contribution >= 0.6 is 0 Å². The first-order valence-corrected chi connectivity index (χ1v) is 20.3. The number of rotatable bonds is 20. The molecule has 264 valence electrons. The third kappa shape index (κ3) is 9.87. The van der Waals surface area contributed by atoms with E-state index in [1.165, 1.54) is 128 Å². The van der Waals surface area contributed by atoms with Gasteiger partial charge in [0.1, 0.15) is 0 Å². The van der Waals surface area contributed by atoms with E-state index in [1.807, 2.05) is 0 Å².